The minimum absolute atomic E-state index is 0.210. The van der Waals surface area contributed by atoms with Crippen LogP contribution in [-0.4, -0.2) is 30.3 Å². The molecule has 3 aromatic carbocycles. The third-order valence-corrected chi connectivity index (χ3v) is 6.08. The number of aromatic nitrogens is 2. The summed E-state index contributed by atoms with van der Waals surface area (Å²) in [6, 6.07) is 19.3. The number of fused-ring (bicyclic) bond motifs is 3. The van der Waals surface area contributed by atoms with E-state index in [1.165, 1.54) is 0 Å². The van der Waals surface area contributed by atoms with Gasteiger partial charge in [0.1, 0.15) is 0 Å². The van der Waals surface area contributed by atoms with Crippen LogP contribution in [0.4, 0.5) is 0 Å². The lowest BCUT2D eigenvalue weighted by atomic mass is 10.1. The van der Waals surface area contributed by atoms with E-state index in [2.05, 4.69) is 0 Å². The molecule has 3 aliphatic heterocycles. The van der Waals surface area contributed by atoms with Crippen LogP contribution in [0.1, 0.15) is 22.5 Å². The Balaban J connectivity index is 1.24. The standard InChI is InChI=1S/C29H20N2O6/c1(18-3-8-23-26(11-18)35-15-32-23)6-21-14-22(7-2-19-4-9-24-27(12-19)36-16-33-24)31-29(30-21)20-5-10-25-28(13-20)37-17-34-25/h1-14H,15-17H2/b6-1-,7-2-. The van der Waals surface area contributed by atoms with Gasteiger partial charge in [-0.05, 0) is 71.8 Å². The lowest BCUT2D eigenvalue weighted by molar-refractivity contribution is 0.173. The first-order chi connectivity index (χ1) is 18.3. The zero-order chi connectivity index (χ0) is 24.6. The predicted octanol–water partition coefficient (Wildman–Crippen LogP) is 5.67. The lowest BCUT2D eigenvalue weighted by Crippen LogP contribution is -1.95. The van der Waals surface area contributed by atoms with Crippen molar-refractivity contribution in [2.24, 2.45) is 0 Å². The fourth-order valence-electron chi connectivity index (χ4n) is 4.22. The second-order valence-electron chi connectivity index (χ2n) is 8.50. The van der Waals surface area contributed by atoms with Gasteiger partial charge in [0.05, 0.1) is 11.4 Å². The van der Waals surface area contributed by atoms with Crippen LogP contribution in [0.2, 0.25) is 0 Å². The van der Waals surface area contributed by atoms with Crippen LogP contribution < -0.4 is 28.4 Å². The van der Waals surface area contributed by atoms with Crippen LogP contribution in [0.5, 0.6) is 34.5 Å². The Labute approximate surface area is 212 Å². The summed E-state index contributed by atoms with van der Waals surface area (Å²) in [6.45, 7) is 0.695. The van der Waals surface area contributed by atoms with E-state index < -0.39 is 0 Å². The molecular weight excluding hydrogens is 472 g/mol. The van der Waals surface area contributed by atoms with Gasteiger partial charge in [-0.2, -0.15) is 0 Å². The fourth-order valence-corrected chi connectivity index (χ4v) is 4.22. The van der Waals surface area contributed by atoms with Crippen molar-refractivity contribution in [3.8, 4) is 45.9 Å². The van der Waals surface area contributed by atoms with E-state index in [-0.39, 0.29) is 20.4 Å². The first-order valence-corrected chi connectivity index (χ1v) is 11.7. The summed E-state index contributed by atoms with van der Waals surface area (Å²) in [5, 5.41) is 0. The molecule has 0 N–H and O–H groups in total. The number of benzene rings is 3. The largest absolute Gasteiger partial charge is 0.454 e. The van der Waals surface area contributed by atoms with E-state index in [1.807, 2.05) is 85.0 Å². The summed E-state index contributed by atoms with van der Waals surface area (Å²) in [5.41, 5.74) is 4.30. The first-order valence-electron chi connectivity index (χ1n) is 11.7. The van der Waals surface area contributed by atoms with Crippen molar-refractivity contribution in [1.29, 1.82) is 0 Å². The number of rotatable bonds is 5. The maximum absolute atomic E-state index is 5.55. The molecule has 4 heterocycles. The molecule has 8 nitrogen and oxygen atoms in total. The predicted molar refractivity (Wildman–Crippen MR) is 137 cm³/mol. The highest BCUT2D eigenvalue weighted by Crippen LogP contribution is 2.36. The lowest BCUT2D eigenvalue weighted by Gasteiger charge is -2.06. The van der Waals surface area contributed by atoms with Crippen molar-refractivity contribution < 1.29 is 28.4 Å². The molecule has 0 spiro atoms. The van der Waals surface area contributed by atoms with Crippen LogP contribution in [-0.2, 0) is 0 Å². The maximum Gasteiger partial charge on any atom is 0.231 e. The summed E-state index contributed by atoms with van der Waals surface area (Å²) < 4.78 is 32.8. The second-order valence-corrected chi connectivity index (χ2v) is 8.50. The van der Waals surface area contributed by atoms with Gasteiger partial charge in [0, 0.05) is 5.56 Å². The Morgan fingerprint density at radius 1 is 0.459 bits per heavy atom. The zero-order valence-corrected chi connectivity index (χ0v) is 19.5. The summed E-state index contributed by atoms with van der Waals surface area (Å²) >= 11 is 0. The van der Waals surface area contributed by atoms with E-state index in [4.69, 9.17) is 38.4 Å². The van der Waals surface area contributed by atoms with Gasteiger partial charge in [0.2, 0.25) is 20.4 Å². The first kappa shape index (κ1) is 21.3. The smallest absolute Gasteiger partial charge is 0.231 e. The van der Waals surface area contributed by atoms with Crippen LogP contribution >= 0.6 is 0 Å². The Morgan fingerprint density at radius 2 is 0.919 bits per heavy atom. The molecule has 37 heavy (non-hydrogen) atoms. The van der Waals surface area contributed by atoms with Gasteiger partial charge in [-0.1, -0.05) is 24.3 Å². The van der Waals surface area contributed by atoms with Crippen LogP contribution in [0.15, 0.2) is 60.7 Å². The topological polar surface area (TPSA) is 81.2 Å². The van der Waals surface area contributed by atoms with Gasteiger partial charge >= 0.3 is 0 Å². The van der Waals surface area contributed by atoms with E-state index in [0.29, 0.717) is 17.3 Å². The maximum atomic E-state index is 5.55. The molecule has 0 saturated heterocycles. The van der Waals surface area contributed by atoms with E-state index in [9.17, 15) is 0 Å². The van der Waals surface area contributed by atoms with E-state index >= 15 is 0 Å². The van der Waals surface area contributed by atoms with Gasteiger partial charge in [-0.25, -0.2) is 9.97 Å². The van der Waals surface area contributed by atoms with E-state index in [0.717, 1.165) is 51.1 Å². The highest BCUT2D eigenvalue weighted by molar-refractivity contribution is 5.75. The number of nitrogens with zero attached hydrogens (tertiary/aromatic N) is 2. The molecule has 0 atom stereocenters. The molecule has 8 heteroatoms. The zero-order valence-electron chi connectivity index (χ0n) is 19.5. The van der Waals surface area contributed by atoms with Gasteiger partial charge < -0.3 is 28.4 Å². The number of ether oxygens (including phenoxy) is 6. The normalized spacial score (nSPS) is 14.7. The van der Waals surface area contributed by atoms with Crippen LogP contribution in [0.3, 0.4) is 0 Å². The van der Waals surface area contributed by atoms with Crippen LogP contribution in [0.25, 0.3) is 35.7 Å². The molecular formula is C29H20N2O6. The second kappa shape index (κ2) is 8.91. The molecule has 0 radical (unpaired) electrons. The molecule has 7 rings (SSSR count). The van der Waals surface area contributed by atoms with Gasteiger partial charge in [-0.15, -0.1) is 0 Å². The molecule has 0 saturated carbocycles. The molecule has 3 aliphatic rings. The molecule has 0 aliphatic carbocycles. The van der Waals surface area contributed by atoms with Crippen molar-refractivity contribution in [2.75, 3.05) is 20.4 Å². The minimum Gasteiger partial charge on any atom is -0.454 e. The number of hydrogen-bond acceptors (Lipinski definition) is 8. The summed E-state index contributed by atoms with van der Waals surface area (Å²) in [4.78, 5) is 9.60. The van der Waals surface area contributed by atoms with Crippen molar-refractivity contribution in [3.05, 3.63) is 83.2 Å². The van der Waals surface area contributed by atoms with Crippen molar-refractivity contribution >= 4 is 24.3 Å². The van der Waals surface area contributed by atoms with Crippen LogP contribution in [0, 0.1) is 0 Å². The average molecular weight is 492 g/mol. The van der Waals surface area contributed by atoms with Gasteiger partial charge in [0.15, 0.2) is 40.3 Å². The summed E-state index contributed by atoms with van der Waals surface area (Å²) in [7, 11) is 0. The van der Waals surface area contributed by atoms with Crippen molar-refractivity contribution in [1.82, 2.24) is 9.97 Å². The molecule has 0 unspecified atom stereocenters. The molecule has 0 fully saturated rings. The fraction of sp³-hybridized carbons (Fsp3) is 0.103. The quantitative estimate of drug-likeness (QED) is 0.353. The third kappa shape index (κ3) is 4.29. The van der Waals surface area contributed by atoms with Crippen molar-refractivity contribution in [3.63, 3.8) is 0 Å². The highest BCUT2D eigenvalue weighted by Gasteiger charge is 2.16. The molecule has 1 aromatic heterocycles. The Morgan fingerprint density at radius 3 is 1.46 bits per heavy atom. The molecule has 4 aromatic rings. The average Bonchev–Trinajstić information content (AvgIpc) is 3.70. The molecule has 0 amide bonds. The third-order valence-electron chi connectivity index (χ3n) is 6.08. The Kier molecular flexibility index (Phi) is 5.13. The van der Waals surface area contributed by atoms with Gasteiger partial charge in [-0.3, -0.25) is 0 Å². The number of hydrogen-bond donors (Lipinski definition) is 0. The molecule has 182 valence electrons. The monoisotopic (exact) mass is 492 g/mol. The summed E-state index contributed by atoms with van der Waals surface area (Å²) in [5.74, 6) is 4.94. The van der Waals surface area contributed by atoms with Gasteiger partial charge in [0.25, 0.3) is 0 Å². The highest BCUT2D eigenvalue weighted by atomic mass is 16.7. The van der Waals surface area contributed by atoms with E-state index in [1.54, 1.807) is 0 Å². The SMILES string of the molecule is C(=C/c1cc(/C=C\c2ccc3c(c2)OCO3)nc(-c2ccc3c(c2)OCO3)n1)/c1ccc2c(c1)OCO2. The Hall–Kier alpha value is -4.98. The summed E-state index contributed by atoms with van der Waals surface area (Å²) in [6.07, 6.45) is 7.87. The molecule has 0 bridgehead atoms. The van der Waals surface area contributed by atoms with Crippen molar-refractivity contribution in [2.45, 2.75) is 0 Å². The Bertz CT molecular complexity index is 1490. The minimum atomic E-state index is 0.210.